The molecule has 0 aliphatic rings. The predicted molar refractivity (Wildman–Crippen MR) is 86.7 cm³/mol. The molecule has 3 rings (SSSR count). The Morgan fingerprint density at radius 2 is 1.91 bits per heavy atom. The molecule has 0 unspecified atom stereocenters. The molecule has 1 aromatic carbocycles. The summed E-state index contributed by atoms with van der Waals surface area (Å²) in [5.41, 5.74) is 1.60. The van der Waals surface area contributed by atoms with Gasteiger partial charge in [0.05, 0.1) is 18.3 Å². The molecule has 5 nitrogen and oxygen atoms in total. The quantitative estimate of drug-likeness (QED) is 0.755. The van der Waals surface area contributed by atoms with Gasteiger partial charge in [-0.3, -0.25) is 9.20 Å². The van der Waals surface area contributed by atoms with Gasteiger partial charge in [-0.25, -0.2) is 4.79 Å². The lowest BCUT2D eigenvalue weighted by molar-refractivity contribution is 0.0524. The fourth-order valence-corrected chi connectivity index (χ4v) is 2.49. The number of pyridine rings is 2. The minimum absolute atomic E-state index is 0.0559. The van der Waals surface area contributed by atoms with Gasteiger partial charge >= 0.3 is 5.97 Å². The summed E-state index contributed by atoms with van der Waals surface area (Å²) in [5.74, 6) is -0.730. The Labute approximate surface area is 132 Å². The summed E-state index contributed by atoms with van der Waals surface area (Å²) in [4.78, 5) is 24.6. The first-order valence-corrected chi connectivity index (χ1v) is 7.22. The molecule has 2 aromatic heterocycles. The Bertz CT molecular complexity index is 929. The van der Waals surface area contributed by atoms with Crippen molar-refractivity contribution < 1.29 is 14.6 Å². The fraction of sp³-hybridized carbons (Fsp3) is 0.111. The van der Waals surface area contributed by atoms with Crippen molar-refractivity contribution in [1.29, 1.82) is 0 Å². The second-order valence-electron chi connectivity index (χ2n) is 5.01. The van der Waals surface area contributed by atoms with Gasteiger partial charge in [-0.15, -0.1) is 0 Å². The Morgan fingerprint density at radius 1 is 1.17 bits per heavy atom. The molecule has 0 saturated carbocycles. The molecule has 0 atom stereocenters. The van der Waals surface area contributed by atoms with Crippen LogP contribution in [0.3, 0.4) is 0 Å². The molecule has 0 amide bonds. The zero-order valence-corrected chi connectivity index (χ0v) is 12.5. The molecule has 5 heteroatoms. The van der Waals surface area contributed by atoms with E-state index in [4.69, 9.17) is 4.74 Å². The molecular weight excluding hydrogens is 294 g/mol. The van der Waals surface area contributed by atoms with Crippen LogP contribution < -0.4 is 5.56 Å². The van der Waals surface area contributed by atoms with E-state index in [1.807, 2.05) is 30.3 Å². The third-order valence-electron chi connectivity index (χ3n) is 3.53. The number of hydrogen-bond acceptors (Lipinski definition) is 4. The van der Waals surface area contributed by atoms with Crippen molar-refractivity contribution in [2.75, 3.05) is 6.61 Å². The second-order valence-corrected chi connectivity index (χ2v) is 5.01. The van der Waals surface area contributed by atoms with Crippen LogP contribution in [0.5, 0.6) is 5.75 Å². The maximum absolute atomic E-state index is 12.5. The van der Waals surface area contributed by atoms with Crippen LogP contribution in [0.25, 0.3) is 16.6 Å². The van der Waals surface area contributed by atoms with E-state index in [-0.39, 0.29) is 17.9 Å². The summed E-state index contributed by atoms with van der Waals surface area (Å²) in [6.45, 7) is 1.86. The first-order valence-electron chi connectivity index (χ1n) is 7.22. The number of aromatic nitrogens is 1. The highest BCUT2D eigenvalue weighted by atomic mass is 16.5. The standard InChI is InChI=1S/C18H15NO4/c1-2-23-18(22)15-10-14(12-6-4-3-5-7-12)16-9-8-13(20)11-19(16)17(15)21/h3-11,20H,2H2,1H3. The average molecular weight is 309 g/mol. The van der Waals surface area contributed by atoms with Crippen molar-refractivity contribution in [1.82, 2.24) is 4.40 Å². The van der Waals surface area contributed by atoms with Crippen LogP contribution in [0.4, 0.5) is 0 Å². The van der Waals surface area contributed by atoms with Crippen LogP contribution in [0.2, 0.25) is 0 Å². The minimum atomic E-state index is -0.674. The lowest BCUT2D eigenvalue weighted by atomic mass is 10.0. The van der Waals surface area contributed by atoms with Gasteiger partial charge in [-0.1, -0.05) is 30.3 Å². The molecule has 1 N–H and O–H groups in total. The van der Waals surface area contributed by atoms with E-state index in [9.17, 15) is 14.7 Å². The summed E-state index contributed by atoms with van der Waals surface area (Å²) in [6.07, 6.45) is 1.30. The molecular formula is C18H15NO4. The summed E-state index contributed by atoms with van der Waals surface area (Å²) in [7, 11) is 0. The summed E-state index contributed by atoms with van der Waals surface area (Å²) < 4.78 is 6.23. The zero-order chi connectivity index (χ0) is 16.4. The average Bonchev–Trinajstić information content (AvgIpc) is 2.56. The Hall–Kier alpha value is -3.08. The molecule has 2 heterocycles. The number of carbonyl (C=O) groups excluding carboxylic acids is 1. The number of benzene rings is 1. The first-order chi connectivity index (χ1) is 11.1. The fourth-order valence-electron chi connectivity index (χ4n) is 2.49. The van der Waals surface area contributed by atoms with Crippen LogP contribution in [0.1, 0.15) is 17.3 Å². The lowest BCUT2D eigenvalue weighted by Gasteiger charge is -2.11. The van der Waals surface area contributed by atoms with Crippen LogP contribution in [0.15, 0.2) is 59.5 Å². The van der Waals surface area contributed by atoms with Crippen LogP contribution >= 0.6 is 0 Å². The van der Waals surface area contributed by atoms with Crippen molar-refractivity contribution in [2.45, 2.75) is 6.92 Å². The van der Waals surface area contributed by atoms with E-state index in [0.29, 0.717) is 11.1 Å². The number of hydrogen-bond donors (Lipinski definition) is 1. The number of aromatic hydroxyl groups is 1. The Morgan fingerprint density at radius 3 is 2.61 bits per heavy atom. The molecule has 0 radical (unpaired) electrons. The molecule has 0 fully saturated rings. The van der Waals surface area contributed by atoms with E-state index in [1.165, 1.54) is 16.7 Å². The maximum atomic E-state index is 12.5. The van der Waals surface area contributed by atoms with Gasteiger partial charge in [0.2, 0.25) is 0 Å². The highest BCUT2D eigenvalue weighted by molar-refractivity contribution is 5.93. The van der Waals surface area contributed by atoms with Crippen molar-refractivity contribution in [3.63, 3.8) is 0 Å². The molecule has 23 heavy (non-hydrogen) atoms. The molecule has 0 spiro atoms. The summed E-state index contributed by atoms with van der Waals surface area (Å²) >= 11 is 0. The third kappa shape index (κ3) is 2.68. The van der Waals surface area contributed by atoms with Crippen LogP contribution in [0, 0.1) is 0 Å². The van der Waals surface area contributed by atoms with Gasteiger partial charge in [0, 0.05) is 5.56 Å². The van der Waals surface area contributed by atoms with Gasteiger partial charge in [0.25, 0.3) is 5.56 Å². The zero-order valence-electron chi connectivity index (χ0n) is 12.5. The SMILES string of the molecule is CCOC(=O)c1cc(-c2ccccc2)c2ccc(O)cn2c1=O. The lowest BCUT2D eigenvalue weighted by Crippen LogP contribution is -2.23. The Balaban J connectivity index is 2.37. The number of carbonyl (C=O) groups is 1. The molecule has 116 valence electrons. The largest absolute Gasteiger partial charge is 0.506 e. The number of rotatable bonds is 3. The van der Waals surface area contributed by atoms with Crippen molar-refractivity contribution in [3.8, 4) is 16.9 Å². The van der Waals surface area contributed by atoms with Gasteiger partial charge in [0.1, 0.15) is 11.3 Å². The number of ether oxygens (including phenoxy) is 1. The van der Waals surface area contributed by atoms with E-state index in [2.05, 4.69) is 0 Å². The van der Waals surface area contributed by atoms with Crippen molar-refractivity contribution >= 4 is 11.5 Å². The van der Waals surface area contributed by atoms with Crippen molar-refractivity contribution in [2.24, 2.45) is 0 Å². The van der Waals surface area contributed by atoms with Gasteiger partial charge in [-0.05, 0) is 30.7 Å². The molecule has 3 aromatic rings. The predicted octanol–water partition coefficient (Wildman–Crippen LogP) is 2.85. The maximum Gasteiger partial charge on any atom is 0.343 e. The third-order valence-corrected chi connectivity index (χ3v) is 3.53. The van der Waals surface area contributed by atoms with E-state index >= 15 is 0 Å². The van der Waals surface area contributed by atoms with Gasteiger partial charge < -0.3 is 9.84 Å². The number of fused-ring (bicyclic) bond motifs is 1. The monoisotopic (exact) mass is 309 g/mol. The van der Waals surface area contributed by atoms with E-state index in [1.54, 1.807) is 19.1 Å². The molecule has 0 aliphatic heterocycles. The smallest absolute Gasteiger partial charge is 0.343 e. The summed E-state index contributed by atoms with van der Waals surface area (Å²) in [6, 6.07) is 14.1. The van der Waals surface area contributed by atoms with Crippen molar-refractivity contribution in [3.05, 3.63) is 70.6 Å². The number of nitrogens with zero attached hydrogens (tertiary/aromatic N) is 1. The highest BCUT2D eigenvalue weighted by Crippen LogP contribution is 2.26. The second kappa shape index (κ2) is 5.96. The molecule has 0 aliphatic carbocycles. The Kier molecular flexibility index (Phi) is 3.85. The first kappa shape index (κ1) is 14.8. The number of esters is 1. The summed E-state index contributed by atoms with van der Waals surface area (Å²) in [5, 5.41) is 9.67. The molecule has 0 bridgehead atoms. The minimum Gasteiger partial charge on any atom is -0.506 e. The topological polar surface area (TPSA) is 68.0 Å². The van der Waals surface area contributed by atoms with E-state index < -0.39 is 11.5 Å². The van der Waals surface area contributed by atoms with Gasteiger partial charge in [0.15, 0.2) is 0 Å². The van der Waals surface area contributed by atoms with Crippen LogP contribution in [-0.4, -0.2) is 22.1 Å². The van der Waals surface area contributed by atoms with E-state index in [0.717, 1.165) is 5.56 Å². The normalized spacial score (nSPS) is 10.7. The highest BCUT2D eigenvalue weighted by Gasteiger charge is 2.17. The molecule has 0 saturated heterocycles. The van der Waals surface area contributed by atoms with Crippen LogP contribution in [-0.2, 0) is 4.74 Å². The van der Waals surface area contributed by atoms with Gasteiger partial charge in [-0.2, -0.15) is 0 Å².